The Morgan fingerprint density at radius 2 is 2.33 bits per heavy atom. The third-order valence-electron chi connectivity index (χ3n) is 1.67. The summed E-state index contributed by atoms with van der Waals surface area (Å²) in [7, 11) is 0. The van der Waals surface area contributed by atoms with E-state index in [1.54, 1.807) is 6.20 Å². The third-order valence-corrected chi connectivity index (χ3v) is 2.26. The van der Waals surface area contributed by atoms with Crippen LogP contribution in [-0.4, -0.2) is 11.1 Å². The second kappa shape index (κ2) is 3.08. The van der Waals surface area contributed by atoms with Crippen LogP contribution in [0.4, 0.5) is 5.82 Å². The quantitative estimate of drug-likeness (QED) is 0.838. The van der Waals surface area contributed by atoms with Crippen LogP contribution in [0.5, 0.6) is 5.75 Å². The second-order valence-electron chi connectivity index (χ2n) is 2.85. The predicted molar refractivity (Wildman–Crippen MR) is 55.0 cm³/mol. The Labute approximate surface area is 84.5 Å². The molecule has 1 aromatic heterocycles. The zero-order chi connectivity index (χ0) is 8.55. The van der Waals surface area contributed by atoms with Crippen molar-refractivity contribution in [3.05, 3.63) is 15.8 Å². The Morgan fingerprint density at radius 1 is 1.58 bits per heavy atom. The fraction of sp³-hybridized carbons (Fsp3) is 0.375. The number of halogens is 1. The first-order valence-corrected chi connectivity index (χ1v) is 4.91. The maximum absolute atomic E-state index is 5.63. The number of aromatic nitrogens is 1. The van der Waals surface area contributed by atoms with E-state index in [2.05, 4.69) is 27.6 Å². The third kappa shape index (κ3) is 1.80. The SMILES string of the molecule is Nc1ncc(I)cc1OC1CC1. The maximum Gasteiger partial charge on any atom is 0.166 e. The molecule has 0 radical (unpaired) electrons. The lowest BCUT2D eigenvalue weighted by atomic mass is 10.4. The standard InChI is InChI=1S/C8H9IN2O/c9-5-3-7(8(10)11-4-5)12-6-1-2-6/h3-4,6H,1-2H2,(H2,10,11). The van der Waals surface area contributed by atoms with Crippen molar-refractivity contribution in [3.8, 4) is 5.75 Å². The van der Waals surface area contributed by atoms with Crippen molar-refractivity contribution in [1.29, 1.82) is 0 Å². The van der Waals surface area contributed by atoms with E-state index in [0.29, 0.717) is 11.9 Å². The average Bonchev–Trinajstić information content (AvgIpc) is 2.81. The van der Waals surface area contributed by atoms with Gasteiger partial charge in [-0.3, -0.25) is 0 Å². The predicted octanol–water partition coefficient (Wildman–Crippen LogP) is 1.81. The fourth-order valence-corrected chi connectivity index (χ4v) is 1.31. The van der Waals surface area contributed by atoms with E-state index in [1.165, 1.54) is 0 Å². The molecular formula is C8H9IN2O. The van der Waals surface area contributed by atoms with Crippen LogP contribution >= 0.6 is 22.6 Å². The minimum absolute atomic E-state index is 0.382. The van der Waals surface area contributed by atoms with Gasteiger partial charge >= 0.3 is 0 Å². The van der Waals surface area contributed by atoms with Crippen molar-refractivity contribution in [2.24, 2.45) is 0 Å². The number of rotatable bonds is 2. The molecule has 0 atom stereocenters. The molecule has 1 fully saturated rings. The molecule has 0 spiro atoms. The van der Waals surface area contributed by atoms with Gasteiger partial charge in [0.1, 0.15) is 0 Å². The van der Waals surface area contributed by atoms with Gasteiger partial charge in [0.05, 0.1) is 6.10 Å². The average molecular weight is 276 g/mol. The molecule has 0 aromatic carbocycles. The van der Waals surface area contributed by atoms with Gasteiger partial charge in [0.25, 0.3) is 0 Å². The summed E-state index contributed by atoms with van der Waals surface area (Å²) in [6.45, 7) is 0. The van der Waals surface area contributed by atoms with Crippen LogP contribution in [0.15, 0.2) is 12.3 Å². The number of hydrogen-bond acceptors (Lipinski definition) is 3. The maximum atomic E-state index is 5.63. The van der Waals surface area contributed by atoms with Crippen LogP contribution in [0.25, 0.3) is 0 Å². The zero-order valence-electron chi connectivity index (χ0n) is 6.46. The molecule has 0 amide bonds. The van der Waals surface area contributed by atoms with Gasteiger partial charge in [0.15, 0.2) is 11.6 Å². The highest BCUT2D eigenvalue weighted by molar-refractivity contribution is 14.1. The van der Waals surface area contributed by atoms with E-state index >= 15 is 0 Å². The smallest absolute Gasteiger partial charge is 0.166 e. The molecule has 1 aliphatic carbocycles. The molecule has 12 heavy (non-hydrogen) atoms. The molecule has 1 aliphatic rings. The van der Waals surface area contributed by atoms with E-state index in [1.807, 2.05) is 6.07 Å². The number of nitrogens with zero attached hydrogens (tertiary/aromatic N) is 1. The van der Waals surface area contributed by atoms with Crippen LogP contribution in [0.1, 0.15) is 12.8 Å². The lowest BCUT2D eigenvalue weighted by molar-refractivity contribution is 0.303. The highest BCUT2D eigenvalue weighted by Gasteiger charge is 2.24. The van der Waals surface area contributed by atoms with Crippen molar-refractivity contribution in [2.45, 2.75) is 18.9 Å². The summed E-state index contributed by atoms with van der Waals surface area (Å²) in [6, 6.07) is 1.92. The Bertz CT molecular complexity index is 299. The number of hydrogen-bond donors (Lipinski definition) is 1. The summed E-state index contributed by atoms with van der Waals surface area (Å²) >= 11 is 2.19. The number of pyridine rings is 1. The van der Waals surface area contributed by atoms with E-state index in [9.17, 15) is 0 Å². The Hall–Kier alpha value is -0.520. The van der Waals surface area contributed by atoms with E-state index in [0.717, 1.165) is 22.2 Å². The lowest BCUT2D eigenvalue weighted by Gasteiger charge is -2.06. The fourth-order valence-electron chi connectivity index (χ4n) is 0.891. The van der Waals surface area contributed by atoms with Crippen LogP contribution in [-0.2, 0) is 0 Å². The monoisotopic (exact) mass is 276 g/mol. The number of ether oxygens (including phenoxy) is 1. The van der Waals surface area contributed by atoms with Gasteiger partial charge in [0, 0.05) is 9.77 Å². The number of anilines is 1. The van der Waals surface area contributed by atoms with E-state index in [4.69, 9.17) is 10.5 Å². The summed E-state index contributed by atoms with van der Waals surface area (Å²) in [5.74, 6) is 1.21. The number of nitrogen functional groups attached to an aromatic ring is 1. The molecule has 3 nitrogen and oxygen atoms in total. The van der Waals surface area contributed by atoms with Gasteiger partial charge in [0.2, 0.25) is 0 Å². The molecule has 4 heteroatoms. The topological polar surface area (TPSA) is 48.1 Å². The summed E-state index contributed by atoms with van der Waals surface area (Å²) in [6.07, 6.45) is 4.40. The minimum Gasteiger partial charge on any atom is -0.487 e. The van der Waals surface area contributed by atoms with Crippen molar-refractivity contribution < 1.29 is 4.74 Å². The van der Waals surface area contributed by atoms with Crippen LogP contribution in [0, 0.1) is 3.57 Å². The van der Waals surface area contributed by atoms with Gasteiger partial charge in [-0.05, 0) is 41.5 Å². The van der Waals surface area contributed by atoms with Crippen LogP contribution < -0.4 is 10.5 Å². The highest BCUT2D eigenvalue weighted by Crippen LogP contribution is 2.30. The summed E-state index contributed by atoms with van der Waals surface area (Å²) in [5, 5.41) is 0. The summed E-state index contributed by atoms with van der Waals surface area (Å²) in [5.41, 5.74) is 5.63. The van der Waals surface area contributed by atoms with Crippen LogP contribution in [0.2, 0.25) is 0 Å². The Morgan fingerprint density at radius 3 is 3.00 bits per heavy atom. The zero-order valence-corrected chi connectivity index (χ0v) is 8.61. The van der Waals surface area contributed by atoms with Gasteiger partial charge < -0.3 is 10.5 Å². The summed E-state index contributed by atoms with van der Waals surface area (Å²) < 4.78 is 6.60. The second-order valence-corrected chi connectivity index (χ2v) is 4.10. The van der Waals surface area contributed by atoms with Gasteiger partial charge in [-0.25, -0.2) is 4.98 Å². The number of nitrogens with two attached hydrogens (primary N) is 1. The van der Waals surface area contributed by atoms with E-state index in [-0.39, 0.29) is 0 Å². The molecule has 1 heterocycles. The molecule has 1 saturated carbocycles. The lowest BCUT2D eigenvalue weighted by Crippen LogP contribution is -2.01. The molecule has 64 valence electrons. The van der Waals surface area contributed by atoms with E-state index < -0.39 is 0 Å². The first-order chi connectivity index (χ1) is 5.75. The Balaban J connectivity index is 2.21. The summed E-state index contributed by atoms with van der Waals surface area (Å²) in [4.78, 5) is 4.00. The normalized spacial score (nSPS) is 16.1. The largest absolute Gasteiger partial charge is 0.487 e. The van der Waals surface area contributed by atoms with Crippen LogP contribution in [0.3, 0.4) is 0 Å². The van der Waals surface area contributed by atoms with Crippen molar-refractivity contribution in [3.63, 3.8) is 0 Å². The molecule has 2 N–H and O–H groups in total. The Kier molecular flexibility index (Phi) is 2.08. The molecule has 2 rings (SSSR count). The van der Waals surface area contributed by atoms with Gasteiger partial charge in [-0.15, -0.1) is 0 Å². The molecular weight excluding hydrogens is 267 g/mol. The first kappa shape index (κ1) is 8.10. The van der Waals surface area contributed by atoms with Crippen molar-refractivity contribution in [1.82, 2.24) is 4.98 Å². The minimum atomic E-state index is 0.382. The van der Waals surface area contributed by atoms with Gasteiger partial charge in [-0.1, -0.05) is 0 Å². The molecule has 0 unspecified atom stereocenters. The van der Waals surface area contributed by atoms with Crippen molar-refractivity contribution >= 4 is 28.4 Å². The molecule has 0 aliphatic heterocycles. The molecule has 0 bridgehead atoms. The molecule has 0 saturated heterocycles. The highest BCUT2D eigenvalue weighted by atomic mass is 127. The first-order valence-electron chi connectivity index (χ1n) is 3.83. The van der Waals surface area contributed by atoms with Crippen molar-refractivity contribution in [2.75, 3.05) is 5.73 Å². The van der Waals surface area contributed by atoms with Gasteiger partial charge in [-0.2, -0.15) is 0 Å². The molecule has 1 aromatic rings.